The molecule has 0 spiro atoms. The summed E-state index contributed by atoms with van der Waals surface area (Å²) in [7, 11) is 0. The van der Waals surface area contributed by atoms with Crippen molar-refractivity contribution < 1.29 is 14.3 Å². The number of amides is 1. The molecule has 0 aliphatic carbocycles. The van der Waals surface area contributed by atoms with Crippen LogP contribution in [0.25, 0.3) is 6.08 Å². The molecule has 1 heterocycles. The van der Waals surface area contributed by atoms with Gasteiger partial charge < -0.3 is 14.8 Å². The van der Waals surface area contributed by atoms with Gasteiger partial charge in [-0.25, -0.2) is 0 Å². The van der Waals surface area contributed by atoms with Gasteiger partial charge in [0.25, 0.3) is 5.91 Å². The molecule has 1 aromatic carbocycles. The van der Waals surface area contributed by atoms with Crippen LogP contribution in [0.5, 0.6) is 11.5 Å². The van der Waals surface area contributed by atoms with E-state index in [9.17, 15) is 4.79 Å². The zero-order chi connectivity index (χ0) is 18.8. The predicted octanol–water partition coefficient (Wildman–Crippen LogP) is 3.14. The maximum absolute atomic E-state index is 11.9. The summed E-state index contributed by atoms with van der Waals surface area (Å²) in [6.45, 7) is 5.41. The third kappa shape index (κ3) is 6.92. The Morgan fingerprint density at radius 1 is 1.27 bits per heavy atom. The van der Waals surface area contributed by atoms with Crippen LogP contribution in [0.3, 0.4) is 0 Å². The Balaban J connectivity index is 1.65. The van der Waals surface area contributed by atoms with Gasteiger partial charge in [-0.3, -0.25) is 15.6 Å². The number of carbonyl (C=O) groups is 1. The van der Waals surface area contributed by atoms with E-state index < -0.39 is 0 Å². The van der Waals surface area contributed by atoms with Gasteiger partial charge in [-0.05, 0) is 48.3 Å². The number of hydrogen-bond donors (Lipinski definition) is 3. The summed E-state index contributed by atoms with van der Waals surface area (Å²) in [4.78, 5) is 11.9. The van der Waals surface area contributed by atoms with Gasteiger partial charge in [0.2, 0.25) is 6.79 Å². The maximum Gasteiger partial charge on any atom is 0.262 e. The van der Waals surface area contributed by atoms with Crippen molar-refractivity contribution in [3.8, 4) is 11.5 Å². The largest absolute Gasteiger partial charge is 0.454 e. The van der Waals surface area contributed by atoms with Crippen molar-refractivity contribution in [2.75, 3.05) is 13.3 Å². The van der Waals surface area contributed by atoms with Gasteiger partial charge in [0.1, 0.15) is 0 Å². The van der Waals surface area contributed by atoms with Gasteiger partial charge in [0, 0.05) is 12.6 Å². The Hall–Kier alpha value is -2.28. The first-order chi connectivity index (χ1) is 12.6. The van der Waals surface area contributed by atoms with Gasteiger partial charge in [0.05, 0.1) is 0 Å². The highest BCUT2D eigenvalue weighted by Gasteiger charge is 2.12. The molecule has 1 atom stereocenters. The summed E-state index contributed by atoms with van der Waals surface area (Å²) in [5.41, 5.74) is 6.11. The molecule has 1 aliphatic rings. The lowest BCUT2D eigenvalue weighted by Crippen LogP contribution is -2.47. The zero-order valence-electron chi connectivity index (χ0n) is 15.3. The van der Waals surface area contributed by atoms with Gasteiger partial charge in [-0.2, -0.15) is 0 Å². The average Bonchev–Trinajstić information content (AvgIpc) is 3.11. The molecule has 3 N–H and O–H groups in total. The van der Waals surface area contributed by atoms with Crippen LogP contribution in [0.2, 0.25) is 0 Å². The molecule has 1 aliphatic heterocycles. The fourth-order valence-electron chi connectivity index (χ4n) is 2.50. The van der Waals surface area contributed by atoms with Gasteiger partial charge in [-0.15, -0.1) is 0 Å². The van der Waals surface area contributed by atoms with Crippen molar-refractivity contribution in [3.63, 3.8) is 0 Å². The number of hydrazine groups is 1. The van der Waals surface area contributed by atoms with E-state index >= 15 is 0 Å². The average molecular weight is 378 g/mol. The third-order valence-corrected chi connectivity index (χ3v) is 4.28. The van der Waals surface area contributed by atoms with E-state index in [-0.39, 0.29) is 12.7 Å². The van der Waals surface area contributed by atoms with E-state index in [1.54, 1.807) is 6.08 Å². The summed E-state index contributed by atoms with van der Waals surface area (Å²) in [6, 6.07) is 5.50. The fraction of sp³-hybridized carbons (Fsp3) is 0.474. The summed E-state index contributed by atoms with van der Waals surface area (Å²) in [5, 5.41) is 3.53. The summed E-state index contributed by atoms with van der Waals surface area (Å²) in [5.74, 6) is 1.66. The first-order valence-electron chi connectivity index (χ1n) is 9.00. The maximum atomic E-state index is 11.9. The van der Waals surface area contributed by atoms with Crippen molar-refractivity contribution in [1.29, 1.82) is 0 Å². The predicted molar refractivity (Wildman–Crippen MR) is 107 cm³/mol. The zero-order valence-corrected chi connectivity index (χ0v) is 16.2. The van der Waals surface area contributed by atoms with E-state index in [0.29, 0.717) is 22.5 Å². The molecule has 7 heteroatoms. The number of thiocarbonyl (C=S) groups is 1. The van der Waals surface area contributed by atoms with Crippen LogP contribution in [0.15, 0.2) is 24.3 Å². The van der Waals surface area contributed by atoms with E-state index in [0.717, 1.165) is 12.1 Å². The first kappa shape index (κ1) is 20.0. The van der Waals surface area contributed by atoms with Gasteiger partial charge >= 0.3 is 0 Å². The van der Waals surface area contributed by atoms with Crippen molar-refractivity contribution >= 4 is 29.3 Å². The second kappa shape index (κ2) is 10.7. The lowest BCUT2D eigenvalue weighted by molar-refractivity contribution is -0.116. The Kier molecular flexibility index (Phi) is 8.21. The Bertz CT molecular complexity index is 649. The number of hydrogen-bond acceptors (Lipinski definition) is 4. The molecule has 0 saturated carbocycles. The third-order valence-electron chi connectivity index (χ3n) is 4.03. The van der Waals surface area contributed by atoms with E-state index in [1.807, 2.05) is 18.2 Å². The Labute approximate surface area is 160 Å². The van der Waals surface area contributed by atoms with E-state index in [2.05, 4.69) is 30.0 Å². The second-order valence-corrected chi connectivity index (χ2v) is 6.78. The molecular weight excluding hydrogens is 350 g/mol. The molecule has 6 nitrogen and oxygen atoms in total. The Morgan fingerprint density at radius 2 is 2.08 bits per heavy atom. The van der Waals surface area contributed by atoms with Crippen molar-refractivity contribution in [3.05, 3.63) is 29.8 Å². The minimum absolute atomic E-state index is 0.231. The molecule has 0 bridgehead atoms. The molecule has 0 unspecified atom stereocenters. The van der Waals surface area contributed by atoms with Crippen molar-refractivity contribution in [2.45, 2.75) is 39.5 Å². The molecule has 0 saturated heterocycles. The highest BCUT2D eigenvalue weighted by Crippen LogP contribution is 2.32. The minimum atomic E-state index is -0.289. The summed E-state index contributed by atoms with van der Waals surface area (Å²) < 4.78 is 10.6. The molecule has 0 aromatic heterocycles. The summed E-state index contributed by atoms with van der Waals surface area (Å²) >= 11 is 5.17. The van der Waals surface area contributed by atoms with Crippen LogP contribution >= 0.6 is 12.2 Å². The lowest BCUT2D eigenvalue weighted by atomic mass is 10.0. The minimum Gasteiger partial charge on any atom is -0.454 e. The number of unbranched alkanes of at least 4 members (excludes halogenated alkanes) is 2. The van der Waals surface area contributed by atoms with E-state index in [1.165, 1.54) is 31.8 Å². The smallest absolute Gasteiger partial charge is 0.262 e. The number of rotatable bonds is 8. The monoisotopic (exact) mass is 377 g/mol. The Morgan fingerprint density at radius 3 is 2.88 bits per heavy atom. The number of fused-ring (bicyclic) bond motifs is 1. The number of ether oxygens (including phenoxy) is 2. The summed E-state index contributed by atoms with van der Waals surface area (Å²) in [6.07, 6.45) is 8.03. The molecular formula is C19H27N3O3S. The van der Waals surface area contributed by atoms with Gasteiger partial charge in [-0.1, -0.05) is 39.2 Å². The quantitative estimate of drug-likeness (QED) is 0.280. The van der Waals surface area contributed by atoms with Crippen LogP contribution < -0.4 is 25.6 Å². The first-order valence-corrected chi connectivity index (χ1v) is 9.41. The van der Waals surface area contributed by atoms with Crippen molar-refractivity contribution in [1.82, 2.24) is 16.2 Å². The van der Waals surface area contributed by atoms with Crippen molar-refractivity contribution in [2.24, 2.45) is 5.92 Å². The van der Waals surface area contributed by atoms with Gasteiger partial charge in [0.15, 0.2) is 16.6 Å². The van der Waals surface area contributed by atoms with E-state index in [4.69, 9.17) is 21.7 Å². The fourth-order valence-corrected chi connectivity index (χ4v) is 2.64. The SMILES string of the molecule is CCCCC[C@H](C)CNC(=S)NNC(=O)/C=C/c1ccc2c(c1)OCO2. The molecule has 0 fully saturated rings. The lowest BCUT2D eigenvalue weighted by Gasteiger charge is -2.15. The number of carbonyl (C=O) groups excluding carboxylic acids is 1. The van der Waals surface area contributed by atoms with Crippen LogP contribution in [0, 0.1) is 5.92 Å². The number of benzene rings is 1. The second-order valence-electron chi connectivity index (χ2n) is 6.37. The van der Waals surface area contributed by atoms with Crippen LogP contribution in [-0.4, -0.2) is 24.4 Å². The highest BCUT2D eigenvalue weighted by molar-refractivity contribution is 7.80. The standard InChI is InChI=1S/C19H27N3O3S/c1-3-4-5-6-14(2)12-20-19(26)22-21-18(23)10-8-15-7-9-16-17(11-15)25-13-24-16/h7-11,14H,3-6,12-13H2,1-2H3,(H,21,23)(H2,20,22,26)/b10-8+/t14-/m0/s1. The molecule has 26 heavy (non-hydrogen) atoms. The van der Waals surface area contributed by atoms with Crippen LogP contribution in [-0.2, 0) is 4.79 Å². The van der Waals surface area contributed by atoms with Crippen LogP contribution in [0.1, 0.15) is 45.1 Å². The molecule has 1 amide bonds. The molecule has 0 radical (unpaired) electrons. The topological polar surface area (TPSA) is 71.6 Å². The number of nitrogens with one attached hydrogen (secondary N) is 3. The molecule has 142 valence electrons. The van der Waals surface area contributed by atoms with Crippen LogP contribution in [0.4, 0.5) is 0 Å². The highest BCUT2D eigenvalue weighted by atomic mass is 32.1. The molecule has 1 aromatic rings. The normalized spacial score (nSPS) is 13.5. The molecule has 2 rings (SSSR count).